The molecule has 5 heteroatoms. The highest BCUT2D eigenvalue weighted by Gasteiger charge is 2.14. The Morgan fingerprint density at radius 3 is 3.00 bits per heavy atom. The first-order chi connectivity index (χ1) is 7.96. The van der Waals surface area contributed by atoms with Gasteiger partial charge in [-0.25, -0.2) is 0 Å². The second-order valence-electron chi connectivity index (χ2n) is 4.67. The number of aromatic amines is 1. The Morgan fingerprint density at radius 2 is 2.29 bits per heavy atom. The zero-order valence-electron chi connectivity index (χ0n) is 9.82. The Bertz CT molecular complexity index is 540. The summed E-state index contributed by atoms with van der Waals surface area (Å²) in [7, 11) is 0. The van der Waals surface area contributed by atoms with Crippen molar-refractivity contribution < 1.29 is 9.90 Å². The number of nitrogens with zero attached hydrogens (tertiary/aromatic N) is 1. The van der Waals surface area contributed by atoms with Crippen LogP contribution in [0.3, 0.4) is 0 Å². The van der Waals surface area contributed by atoms with E-state index in [4.69, 9.17) is 0 Å². The average molecular weight is 233 g/mol. The summed E-state index contributed by atoms with van der Waals surface area (Å²) in [5.74, 6) is -0.199. The number of rotatable bonds is 3. The van der Waals surface area contributed by atoms with Crippen LogP contribution in [0.4, 0.5) is 0 Å². The Morgan fingerprint density at radius 1 is 1.53 bits per heavy atom. The molecule has 0 spiro atoms. The van der Waals surface area contributed by atoms with Gasteiger partial charge in [0.05, 0.1) is 17.3 Å². The third-order valence-electron chi connectivity index (χ3n) is 2.38. The van der Waals surface area contributed by atoms with Gasteiger partial charge in [0.25, 0.3) is 5.91 Å². The monoisotopic (exact) mass is 233 g/mol. The van der Waals surface area contributed by atoms with Crippen molar-refractivity contribution in [2.75, 3.05) is 6.54 Å². The van der Waals surface area contributed by atoms with E-state index in [0.717, 1.165) is 10.9 Å². The molecule has 2 rings (SSSR count). The van der Waals surface area contributed by atoms with Gasteiger partial charge in [-0.05, 0) is 32.0 Å². The van der Waals surface area contributed by atoms with E-state index >= 15 is 0 Å². The fraction of sp³-hybridized carbons (Fsp3) is 0.333. The molecule has 0 radical (unpaired) electrons. The minimum absolute atomic E-state index is 0.199. The molecule has 90 valence electrons. The topological polar surface area (TPSA) is 78.0 Å². The predicted molar refractivity (Wildman–Crippen MR) is 64.7 cm³/mol. The van der Waals surface area contributed by atoms with Crippen molar-refractivity contribution in [2.45, 2.75) is 19.4 Å². The third kappa shape index (κ3) is 2.82. The third-order valence-corrected chi connectivity index (χ3v) is 2.38. The molecular formula is C12H15N3O2. The fourth-order valence-electron chi connectivity index (χ4n) is 1.48. The minimum atomic E-state index is -0.907. The molecule has 1 amide bonds. The lowest BCUT2D eigenvalue weighted by atomic mass is 10.1. The largest absolute Gasteiger partial charge is 0.389 e. The smallest absolute Gasteiger partial charge is 0.251 e. The molecule has 0 saturated heterocycles. The number of carbonyl (C=O) groups is 1. The molecule has 0 aliphatic rings. The number of H-pyrrole nitrogens is 1. The van der Waals surface area contributed by atoms with Crippen molar-refractivity contribution in [3.05, 3.63) is 30.0 Å². The van der Waals surface area contributed by atoms with Gasteiger partial charge in [0, 0.05) is 17.5 Å². The SMILES string of the molecule is CC(C)(O)CNC(=O)c1ccc2[nH]ncc2c1. The van der Waals surface area contributed by atoms with Crippen LogP contribution < -0.4 is 5.32 Å². The first-order valence-electron chi connectivity index (χ1n) is 5.39. The summed E-state index contributed by atoms with van der Waals surface area (Å²) in [6.45, 7) is 3.51. The number of carbonyl (C=O) groups excluding carboxylic acids is 1. The van der Waals surface area contributed by atoms with Crippen LogP contribution in [-0.4, -0.2) is 33.4 Å². The van der Waals surface area contributed by atoms with Gasteiger partial charge in [-0.3, -0.25) is 9.89 Å². The maximum absolute atomic E-state index is 11.8. The summed E-state index contributed by atoms with van der Waals surface area (Å²) < 4.78 is 0. The predicted octanol–water partition coefficient (Wildman–Crippen LogP) is 1.06. The van der Waals surface area contributed by atoms with Crippen LogP contribution >= 0.6 is 0 Å². The minimum Gasteiger partial charge on any atom is -0.389 e. The van der Waals surface area contributed by atoms with Crippen molar-refractivity contribution >= 4 is 16.8 Å². The molecule has 2 aromatic rings. The molecule has 0 fully saturated rings. The highest BCUT2D eigenvalue weighted by atomic mass is 16.3. The van der Waals surface area contributed by atoms with Crippen LogP contribution in [-0.2, 0) is 0 Å². The molecule has 0 aliphatic carbocycles. The van der Waals surface area contributed by atoms with E-state index in [1.165, 1.54) is 0 Å². The molecule has 5 nitrogen and oxygen atoms in total. The van der Waals surface area contributed by atoms with Crippen molar-refractivity contribution in [3.63, 3.8) is 0 Å². The number of aromatic nitrogens is 2. The van der Waals surface area contributed by atoms with E-state index in [9.17, 15) is 9.90 Å². The Balaban J connectivity index is 2.13. The standard InChI is InChI=1S/C12H15N3O2/c1-12(2,17)7-13-11(16)8-3-4-10-9(5-8)6-14-15-10/h3-6,17H,7H2,1-2H3,(H,13,16)(H,14,15). The number of aliphatic hydroxyl groups is 1. The number of amides is 1. The van der Waals surface area contributed by atoms with Gasteiger partial charge in [0.2, 0.25) is 0 Å². The summed E-state index contributed by atoms with van der Waals surface area (Å²) in [6, 6.07) is 5.29. The van der Waals surface area contributed by atoms with Crippen molar-refractivity contribution in [1.82, 2.24) is 15.5 Å². The second-order valence-corrected chi connectivity index (χ2v) is 4.67. The summed E-state index contributed by atoms with van der Waals surface area (Å²) >= 11 is 0. The van der Waals surface area contributed by atoms with Gasteiger partial charge < -0.3 is 10.4 Å². The number of hydrogen-bond acceptors (Lipinski definition) is 3. The molecule has 0 bridgehead atoms. The molecular weight excluding hydrogens is 218 g/mol. The van der Waals surface area contributed by atoms with Gasteiger partial charge in [0.15, 0.2) is 0 Å². The molecule has 0 atom stereocenters. The Kier molecular flexibility index (Phi) is 2.85. The van der Waals surface area contributed by atoms with Gasteiger partial charge in [0.1, 0.15) is 0 Å². The van der Waals surface area contributed by atoms with Crippen LogP contribution in [0, 0.1) is 0 Å². The number of hydrogen-bond donors (Lipinski definition) is 3. The Hall–Kier alpha value is -1.88. The molecule has 1 aromatic carbocycles. The van der Waals surface area contributed by atoms with Crippen LogP contribution in [0.2, 0.25) is 0 Å². The lowest BCUT2D eigenvalue weighted by Crippen LogP contribution is -2.38. The highest BCUT2D eigenvalue weighted by Crippen LogP contribution is 2.12. The summed E-state index contributed by atoms with van der Waals surface area (Å²) in [5, 5.41) is 19.8. The van der Waals surface area contributed by atoms with Crippen LogP contribution in [0.1, 0.15) is 24.2 Å². The maximum atomic E-state index is 11.8. The van der Waals surface area contributed by atoms with Crippen LogP contribution in [0.15, 0.2) is 24.4 Å². The normalized spacial score (nSPS) is 11.7. The zero-order valence-corrected chi connectivity index (χ0v) is 9.82. The molecule has 1 aromatic heterocycles. The van der Waals surface area contributed by atoms with Gasteiger partial charge in [-0.2, -0.15) is 5.10 Å². The number of nitrogens with one attached hydrogen (secondary N) is 2. The first-order valence-corrected chi connectivity index (χ1v) is 5.39. The van der Waals surface area contributed by atoms with E-state index in [1.54, 1.807) is 38.2 Å². The van der Waals surface area contributed by atoms with E-state index < -0.39 is 5.60 Å². The zero-order chi connectivity index (χ0) is 12.5. The summed E-state index contributed by atoms with van der Waals surface area (Å²) in [5.41, 5.74) is 0.544. The molecule has 3 N–H and O–H groups in total. The first kappa shape index (κ1) is 11.6. The van der Waals surface area contributed by atoms with Crippen molar-refractivity contribution in [2.24, 2.45) is 0 Å². The van der Waals surface area contributed by atoms with E-state index in [2.05, 4.69) is 15.5 Å². The van der Waals surface area contributed by atoms with E-state index in [0.29, 0.717) is 5.56 Å². The second kappa shape index (κ2) is 4.18. The number of fused-ring (bicyclic) bond motifs is 1. The highest BCUT2D eigenvalue weighted by molar-refractivity contribution is 5.97. The summed E-state index contributed by atoms with van der Waals surface area (Å²) in [4.78, 5) is 11.8. The van der Waals surface area contributed by atoms with Gasteiger partial charge in [-0.1, -0.05) is 0 Å². The van der Waals surface area contributed by atoms with Gasteiger partial charge >= 0.3 is 0 Å². The van der Waals surface area contributed by atoms with Crippen LogP contribution in [0.5, 0.6) is 0 Å². The fourth-order valence-corrected chi connectivity index (χ4v) is 1.48. The molecule has 0 aliphatic heterocycles. The quantitative estimate of drug-likeness (QED) is 0.741. The lowest BCUT2D eigenvalue weighted by Gasteiger charge is -2.17. The molecule has 17 heavy (non-hydrogen) atoms. The number of benzene rings is 1. The molecule has 1 heterocycles. The van der Waals surface area contributed by atoms with Crippen molar-refractivity contribution in [3.8, 4) is 0 Å². The van der Waals surface area contributed by atoms with E-state index in [-0.39, 0.29) is 12.5 Å². The summed E-state index contributed by atoms with van der Waals surface area (Å²) in [6.07, 6.45) is 1.67. The van der Waals surface area contributed by atoms with Gasteiger partial charge in [-0.15, -0.1) is 0 Å². The maximum Gasteiger partial charge on any atom is 0.251 e. The van der Waals surface area contributed by atoms with E-state index in [1.807, 2.05) is 0 Å². The molecule has 0 unspecified atom stereocenters. The Labute approximate surface area is 98.8 Å². The molecule has 0 saturated carbocycles. The van der Waals surface area contributed by atoms with Crippen LogP contribution in [0.25, 0.3) is 10.9 Å². The van der Waals surface area contributed by atoms with Crippen molar-refractivity contribution in [1.29, 1.82) is 0 Å². The lowest BCUT2D eigenvalue weighted by molar-refractivity contribution is 0.0694. The average Bonchev–Trinajstić information content (AvgIpc) is 2.71.